The highest BCUT2D eigenvalue weighted by Gasteiger charge is 2.12. The summed E-state index contributed by atoms with van der Waals surface area (Å²) >= 11 is 6.16. The normalized spacial score (nSPS) is 12.3. The van der Waals surface area contributed by atoms with Crippen LogP contribution in [0.5, 0.6) is 5.75 Å². The first-order chi connectivity index (χ1) is 14.0. The maximum atomic E-state index is 12.0. The van der Waals surface area contributed by atoms with E-state index in [2.05, 4.69) is 27.9 Å². The van der Waals surface area contributed by atoms with Crippen molar-refractivity contribution in [3.63, 3.8) is 0 Å². The minimum atomic E-state index is -0.197. The number of furan rings is 1. The van der Waals surface area contributed by atoms with Crippen molar-refractivity contribution in [2.24, 2.45) is 4.99 Å². The first-order valence-electron chi connectivity index (χ1n) is 9.73. The van der Waals surface area contributed by atoms with E-state index in [1.54, 1.807) is 13.1 Å². The Hall–Kier alpha value is -2.67. The number of aliphatic imine (C=N–C) groups is 1. The third-order valence-corrected chi connectivity index (χ3v) is 4.62. The van der Waals surface area contributed by atoms with Crippen LogP contribution in [0.15, 0.2) is 46.0 Å². The Morgan fingerprint density at radius 3 is 2.62 bits per heavy atom. The number of nitrogens with zero attached hydrogens (tertiary/aromatic N) is 1. The van der Waals surface area contributed by atoms with Crippen LogP contribution in [0.25, 0.3) is 0 Å². The summed E-state index contributed by atoms with van der Waals surface area (Å²) in [5.74, 6) is 1.52. The molecule has 0 radical (unpaired) electrons. The second-order valence-corrected chi connectivity index (χ2v) is 6.91. The maximum Gasteiger partial charge on any atom is 0.287 e. The Labute approximate surface area is 176 Å². The molecule has 1 aromatic carbocycles. The summed E-state index contributed by atoms with van der Waals surface area (Å²) in [7, 11) is 1.71. The number of halogens is 1. The van der Waals surface area contributed by atoms with Crippen LogP contribution < -0.4 is 20.7 Å². The van der Waals surface area contributed by atoms with E-state index in [1.165, 1.54) is 6.26 Å². The Bertz CT molecular complexity index is 807. The molecule has 7 nitrogen and oxygen atoms in total. The van der Waals surface area contributed by atoms with Gasteiger partial charge in [0.1, 0.15) is 11.9 Å². The van der Waals surface area contributed by atoms with Crippen molar-refractivity contribution < 1.29 is 13.9 Å². The van der Waals surface area contributed by atoms with Crippen molar-refractivity contribution in [2.45, 2.75) is 32.8 Å². The molecule has 0 aliphatic heterocycles. The van der Waals surface area contributed by atoms with Gasteiger partial charge in [-0.15, -0.1) is 0 Å². The Morgan fingerprint density at radius 2 is 1.97 bits per heavy atom. The Balaban J connectivity index is 1.67. The minimum absolute atomic E-state index is 0.0377. The first kappa shape index (κ1) is 22.6. The molecule has 0 saturated heterocycles. The lowest BCUT2D eigenvalue weighted by molar-refractivity contribution is 0.0925. The van der Waals surface area contributed by atoms with Crippen LogP contribution in [0.2, 0.25) is 5.02 Å². The largest absolute Gasteiger partial charge is 0.487 e. The molecule has 158 valence electrons. The van der Waals surface area contributed by atoms with Gasteiger partial charge < -0.3 is 25.1 Å². The zero-order chi connectivity index (χ0) is 21.1. The van der Waals surface area contributed by atoms with E-state index in [0.29, 0.717) is 42.1 Å². The third-order valence-electron chi connectivity index (χ3n) is 4.31. The second kappa shape index (κ2) is 12.0. The molecular formula is C21H29ClN4O3. The van der Waals surface area contributed by atoms with Gasteiger partial charge in [0.2, 0.25) is 0 Å². The first-order valence-corrected chi connectivity index (χ1v) is 10.1. The Kier molecular flexibility index (Phi) is 9.37. The van der Waals surface area contributed by atoms with Crippen LogP contribution in [-0.2, 0) is 0 Å². The van der Waals surface area contributed by atoms with Gasteiger partial charge in [0.15, 0.2) is 11.7 Å². The zero-order valence-corrected chi connectivity index (χ0v) is 17.9. The van der Waals surface area contributed by atoms with Crippen molar-refractivity contribution in [3.8, 4) is 5.75 Å². The lowest BCUT2D eigenvalue weighted by atomic mass is 10.2. The van der Waals surface area contributed by atoms with E-state index in [9.17, 15) is 4.79 Å². The molecule has 0 aliphatic carbocycles. The van der Waals surface area contributed by atoms with Crippen LogP contribution in [-0.4, -0.2) is 44.7 Å². The smallest absolute Gasteiger partial charge is 0.287 e. The molecule has 1 heterocycles. The summed E-state index contributed by atoms with van der Waals surface area (Å²) in [5.41, 5.74) is 0.828. The lowest BCUT2D eigenvalue weighted by Crippen LogP contribution is -2.43. The average Bonchev–Trinajstić information content (AvgIpc) is 3.16. The number of ether oxygens (including phenoxy) is 1. The molecule has 2 rings (SSSR count). The van der Waals surface area contributed by atoms with Gasteiger partial charge in [-0.05, 0) is 38.0 Å². The molecule has 8 heteroatoms. The fraction of sp³-hybridized carbons (Fsp3) is 0.429. The minimum Gasteiger partial charge on any atom is -0.487 e. The Morgan fingerprint density at radius 1 is 1.21 bits per heavy atom. The molecule has 0 aliphatic rings. The molecule has 0 fully saturated rings. The topological polar surface area (TPSA) is 87.9 Å². The number of para-hydroxylation sites is 1. The van der Waals surface area contributed by atoms with Crippen LogP contribution in [0, 0.1) is 6.92 Å². The van der Waals surface area contributed by atoms with Gasteiger partial charge in [0, 0.05) is 25.7 Å². The number of nitrogens with one attached hydrogen (secondary N) is 3. The number of guanidine groups is 1. The molecule has 1 amide bonds. The quantitative estimate of drug-likeness (QED) is 0.311. The van der Waals surface area contributed by atoms with Crippen molar-refractivity contribution in [2.75, 3.05) is 26.7 Å². The van der Waals surface area contributed by atoms with Gasteiger partial charge in [-0.2, -0.15) is 0 Å². The highest BCUT2D eigenvalue weighted by atomic mass is 35.5. The highest BCUT2D eigenvalue weighted by molar-refractivity contribution is 6.32. The lowest BCUT2D eigenvalue weighted by Gasteiger charge is -2.20. The van der Waals surface area contributed by atoms with E-state index >= 15 is 0 Å². The second-order valence-electron chi connectivity index (χ2n) is 6.50. The van der Waals surface area contributed by atoms with E-state index in [4.69, 9.17) is 20.8 Å². The van der Waals surface area contributed by atoms with Crippen LogP contribution >= 0.6 is 11.6 Å². The fourth-order valence-electron chi connectivity index (χ4n) is 2.60. The third kappa shape index (κ3) is 7.34. The van der Waals surface area contributed by atoms with E-state index in [0.717, 1.165) is 18.4 Å². The van der Waals surface area contributed by atoms with Gasteiger partial charge in [0.25, 0.3) is 5.91 Å². The van der Waals surface area contributed by atoms with Gasteiger partial charge in [-0.1, -0.05) is 30.7 Å². The molecule has 2 aromatic rings. The molecule has 29 heavy (non-hydrogen) atoms. The molecule has 0 bridgehead atoms. The predicted molar refractivity (Wildman–Crippen MR) is 116 cm³/mol. The summed E-state index contributed by atoms with van der Waals surface area (Å²) in [6, 6.07) is 9.21. The molecule has 3 N–H and O–H groups in total. The fourth-order valence-corrected chi connectivity index (χ4v) is 2.78. The van der Waals surface area contributed by atoms with Crippen LogP contribution in [0.3, 0.4) is 0 Å². The maximum absolute atomic E-state index is 12.0. The number of benzene rings is 1. The van der Waals surface area contributed by atoms with Gasteiger partial charge in [-0.25, -0.2) is 0 Å². The zero-order valence-electron chi connectivity index (χ0n) is 17.1. The van der Waals surface area contributed by atoms with E-state index in [1.807, 2.05) is 31.2 Å². The summed E-state index contributed by atoms with van der Waals surface area (Å²) in [5, 5.41) is 9.93. The highest BCUT2D eigenvalue weighted by Crippen LogP contribution is 2.24. The standard InChI is InChI=1S/C21H29ClN4O3/c1-4-16(29-18-9-6-5-8-17(18)22)14-26-21(23-3)25-12-7-11-24-20(27)19-15(2)10-13-28-19/h5-6,8-10,13,16H,4,7,11-12,14H2,1-3H3,(H,24,27)(H2,23,25,26). The number of hydrogen-bond acceptors (Lipinski definition) is 4. The van der Waals surface area contributed by atoms with Gasteiger partial charge in [0.05, 0.1) is 17.8 Å². The molecule has 0 spiro atoms. The summed E-state index contributed by atoms with van der Waals surface area (Å²) in [6.45, 7) is 5.70. The van der Waals surface area contributed by atoms with E-state index in [-0.39, 0.29) is 12.0 Å². The monoisotopic (exact) mass is 420 g/mol. The number of aryl methyl sites for hydroxylation is 1. The van der Waals surface area contributed by atoms with Crippen LogP contribution in [0.1, 0.15) is 35.9 Å². The van der Waals surface area contributed by atoms with Crippen molar-refractivity contribution >= 4 is 23.5 Å². The SMILES string of the molecule is CCC(CNC(=NC)NCCCNC(=O)c1occc1C)Oc1ccccc1Cl. The molecule has 1 atom stereocenters. The van der Waals surface area contributed by atoms with Crippen molar-refractivity contribution in [1.29, 1.82) is 0 Å². The van der Waals surface area contributed by atoms with Crippen LogP contribution in [0.4, 0.5) is 0 Å². The van der Waals surface area contributed by atoms with Gasteiger partial charge >= 0.3 is 0 Å². The summed E-state index contributed by atoms with van der Waals surface area (Å²) in [4.78, 5) is 16.2. The number of carbonyl (C=O) groups excluding carboxylic acids is 1. The number of rotatable bonds is 10. The van der Waals surface area contributed by atoms with E-state index < -0.39 is 0 Å². The van der Waals surface area contributed by atoms with Gasteiger partial charge in [-0.3, -0.25) is 9.79 Å². The molecule has 1 unspecified atom stereocenters. The number of carbonyl (C=O) groups is 1. The predicted octanol–water partition coefficient (Wildman–Crippen LogP) is 3.38. The number of amides is 1. The van der Waals surface area contributed by atoms with Crippen molar-refractivity contribution in [1.82, 2.24) is 16.0 Å². The van der Waals surface area contributed by atoms with Crippen molar-refractivity contribution in [3.05, 3.63) is 52.9 Å². The molecular weight excluding hydrogens is 392 g/mol. The average molecular weight is 421 g/mol. The number of hydrogen-bond donors (Lipinski definition) is 3. The molecule has 1 aromatic heterocycles. The summed E-state index contributed by atoms with van der Waals surface area (Å²) in [6.07, 6.45) is 3.05. The summed E-state index contributed by atoms with van der Waals surface area (Å²) < 4.78 is 11.1. The molecule has 0 saturated carbocycles.